The molecule has 2 aromatic rings. The highest BCUT2D eigenvalue weighted by atomic mass is 16.5. The molecule has 1 fully saturated rings. The van der Waals surface area contributed by atoms with Gasteiger partial charge in [0.2, 0.25) is 0 Å². The van der Waals surface area contributed by atoms with Crippen LogP contribution in [0.25, 0.3) is 0 Å². The van der Waals surface area contributed by atoms with Gasteiger partial charge >= 0.3 is 0 Å². The van der Waals surface area contributed by atoms with Gasteiger partial charge in [0.1, 0.15) is 11.9 Å². The van der Waals surface area contributed by atoms with Crippen molar-refractivity contribution in [2.45, 2.75) is 31.9 Å². The van der Waals surface area contributed by atoms with E-state index in [2.05, 4.69) is 20.9 Å². The van der Waals surface area contributed by atoms with Gasteiger partial charge in [0.05, 0.1) is 6.61 Å². The lowest BCUT2D eigenvalue weighted by Crippen LogP contribution is -2.30. The molecule has 2 aromatic carbocycles. The normalized spacial score (nSPS) is 15.9. The number of hydrogen-bond acceptors (Lipinski definition) is 5. The minimum atomic E-state index is -0.348. The largest absolute Gasteiger partial charge is 0.493 e. The standard InChI is InChI=1S/C24H32N4O4/c1-25-24(28-20-9-4-10-21(16-20)31-14-6-12-30-2)26-17-18-7-3-8-19(15-18)27-23(29)22-11-5-13-32-22/h3-4,7-10,15-16,22H,5-6,11-14,17H2,1-2H3,(H,27,29)(H2,25,26,28). The SMILES string of the molecule is CN=C(NCc1cccc(NC(=O)C2CCCO2)c1)Nc1cccc(OCCCOC)c1. The van der Waals surface area contributed by atoms with Gasteiger partial charge in [-0.25, -0.2) is 0 Å². The Balaban J connectivity index is 1.50. The van der Waals surface area contributed by atoms with Crippen molar-refractivity contribution in [2.24, 2.45) is 4.99 Å². The van der Waals surface area contributed by atoms with Crippen LogP contribution in [0.3, 0.4) is 0 Å². The van der Waals surface area contributed by atoms with Crippen LogP contribution in [0.1, 0.15) is 24.8 Å². The Morgan fingerprint density at radius 2 is 1.94 bits per heavy atom. The summed E-state index contributed by atoms with van der Waals surface area (Å²) >= 11 is 0. The predicted molar refractivity (Wildman–Crippen MR) is 126 cm³/mol. The Morgan fingerprint density at radius 1 is 1.12 bits per heavy atom. The molecule has 1 amide bonds. The van der Waals surface area contributed by atoms with E-state index in [1.807, 2.05) is 48.5 Å². The molecule has 172 valence electrons. The Morgan fingerprint density at radius 3 is 2.69 bits per heavy atom. The second-order valence-electron chi connectivity index (χ2n) is 7.46. The molecular weight excluding hydrogens is 408 g/mol. The molecule has 1 heterocycles. The molecule has 3 rings (SSSR count). The smallest absolute Gasteiger partial charge is 0.253 e. The van der Waals surface area contributed by atoms with Crippen molar-refractivity contribution in [1.82, 2.24) is 5.32 Å². The molecule has 0 saturated carbocycles. The minimum absolute atomic E-state index is 0.0885. The average molecular weight is 441 g/mol. The Labute approximate surface area is 189 Å². The number of rotatable bonds is 10. The molecule has 0 aromatic heterocycles. The number of nitrogens with one attached hydrogen (secondary N) is 3. The van der Waals surface area contributed by atoms with Crippen LogP contribution < -0.4 is 20.7 Å². The first-order chi connectivity index (χ1) is 15.7. The van der Waals surface area contributed by atoms with Crippen molar-refractivity contribution in [3.63, 3.8) is 0 Å². The molecule has 1 atom stereocenters. The number of amides is 1. The summed E-state index contributed by atoms with van der Waals surface area (Å²) in [6, 6.07) is 15.5. The fourth-order valence-corrected chi connectivity index (χ4v) is 3.32. The summed E-state index contributed by atoms with van der Waals surface area (Å²) in [6.45, 7) is 2.48. The Kier molecular flexibility index (Phi) is 9.34. The summed E-state index contributed by atoms with van der Waals surface area (Å²) in [7, 11) is 3.40. The van der Waals surface area contributed by atoms with E-state index in [1.54, 1.807) is 14.2 Å². The van der Waals surface area contributed by atoms with Crippen LogP contribution in [0.15, 0.2) is 53.5 Å². The van der Waals surface area contributed by atoms with E-state index in [-0.39, 0.29) is 12.0 Å². The van der Waals surface area contributed by atoms with Crippen molar-refractivity contribution in [3.8, 4) is 5.75 Å². The summed E-state index contributed by atoms with van der Waals surface area (Å²) in [5, 5.41) is 9.50. The van der Waals surface area contributed by atoms with Gasteiger partial charge < -0.3 is 30.2 Å². The molecule has 1 aliphatic heterocycles. The first-order valence-electron chi connectivity index (χ1n) is 10.9. The summed E-state index contributed by atoms with van der Waals surface area (Å²) in [5.74, 6) is 1.33. The third-order valence-electron chi connectivity index (χ3n) is 4.96. The molecule has 0 radical (unpaired) electrons. The number of anilines is 2. The Bertz CT molecular complexity index is 897. The van der Waals surface area contributed by atoms with Gasteiger partial charge in [0, 0.05) is 57.8 Å². The van der Waals surface area contributed by atoms with Crippen LogP contribution in [0, 0.1) is 0 Å². The minimum Gasteiger partial charge on any atom is -0.493 e. The lowest BCUT2D eigenvalue weighted by molar-refractivity contribution is -0.124. The van der Waals surface area contributed by atoms with Crippen molar-refractivity contribution in [3.05, 3.63) is 54.1 Å². The van der Waals surface area contributed by atoms with Crippen LogP contribution in [0.2, 0.25) is 0 Å². The molecule has 0 aliphatic carbocycles. The molecular formula is C24H32N4O4. The third kappa shape index (κ3) is 7.55. The van der Waals surface area contributed by atoms with Crippen molar-refractivity contribution < 1.29 is 19.0 Å². The van der Waals surface area contributed by atoms with Crippen molar-refractivity contribution in [1.29, 1.82) is 0 Å². The molecule has 3 N–H and O–H groups in total. The number of ether oxygens (including phenoxy) is 3. The fraction of sp³-hybridized carbons (Fsp3) is 0.417. The van der Waals surface area contributed by atoms with Crippen LogP contribution in [-0.2, 0) is 20.8 Å². The summed E-state index contributed by atoms with van der Waals surface area (Å²) in [4.78, 5) is 16.6. The number of guanidine groups is 1. The number of aliphatic imine (C=N–C) groups is 1. The van der Waals surface area contributed by atoms with E-state index in [4.69, 9.17) is 14.2 Å². The van der Waals surface area contributed by atoms with Crippen LogP contribution in [-0.4, -0.2) is 51.9 Å². The number of methoxy groups -OCH3 is 1. The molecule has 32 heavy (non-hydrogen) atoms. The fourth-order valence-electron chi connectivity index (χ4n) is 3.32. The van der Waals surface area contributed by atoms with Gasteiger partial charge in [-0.1, -0.05) is 18.2 Å². The van der Waals surface area contributed by atoms with Gasteiger partial charge in [-0.3, -0.25) is 9.79 Å². The van der Waals surface area contributed by atoms with Crippen molar-refractivity contribution in [2.75, 3.05) is 44.6 Å². The third-order valence-corrected chi connectivity index (χ3v) is 4.96. The molecule has 0 bridgehead atoms. The summed E-state index contributed by atoms with van der Waals surface area (Å²) in [5.41, 5.74) is 2.65. The second-order valence-corrected chi connectivity index (χ2v) is 7.46. The highest BCUT2D eigenvalue weighted by Crippen LogP contribution is 2.18. The molecule has 8 heteroatoms. The lowest BCUT2D eigenvalue weighted by atomic mass is 10.2. The number of benzene rings is 2. The second kappa shape index (κ2) is 12.7. The maximum atomic E-state index is 12.3. The zero-order chi connectivity index (χ0) is 22.6. The van der Waals surface area contributed by atoms with Crippen LogP contribution in [0.4, 0.5) is 11.4 Å². The monoisotopic (exact) mass is 440 g/mol. The number of carbonyl (C=O) groups excluding carboxylic acids is 1. The highest BCUT2D eigenvalue weighted by Gasteiger charge is 2.23. The number of carbonyl (C=O) groups is 1. The lowest BCUT2D eigenvalue weighted by Gasteiger charge is -2.14. The van der Waals surface area contributed by atoms with Gasteiger partial charge in [-0.2, -0.15) is 0 Å². The maximum Gasteiger partial charge on any atom is 0.253 e. The van der Waals surface area contributed by atoms with E-state index in [0.29, 0.717) is 32.3 Å². The van der Waals surface area contributed by atoms with E-state index < -0.39 is 0 Å². The number of hydrogen-bond donors (Lipinski definition) is 3. The van der Waals surface area contributed by atoms with Crippen LogP contribution >= 0.6 is 0 Å². The number of nitrogens with zero attached hydrogens (tertiary/aromatic N) is 1. The van der Waals surface area contributed by atoms with Crippen molar-refractivity contribution >= 4 is 23.2 Å². The molecule has 0 spiro atoms. The van der Waals surface area contributed by atoms with Gasteiger partial charge in [0.25, 0.3) is 5.91 Å². The van der Waals surface area contributed by atoms with E-state index in [1.165, 1.54) is 0 Å². The van der Waals surface area contributed by atoms with Gasteiger partial charge in [-0.15, -0.1) is 0 Å². The van der Waals surface area contributed by atoms with E-state index in [9.17, 15) is 4.79 Å². The van der Waals surface area contributed by atoms with E-state index in [0.717, 1.165) is 42.0 Å². The Hall–Kier alpha value is -3.10. The van der Waals surface area contributed by atoms with Crippen LogP contribution in [0.5, 0.6) is 5.75 Å². The molecule has 8 nitrogen and oxygen atoms in total. The van der Waals surface area contributed by atoms with Gasteiger partial charge in [-0.05, 0) is 42.7 Å². The first-order valence-corrected chi connectivity index (χ1v) is 10.9. The first kappa shape index (κ1) is 23.6. The van der Waals surface area contributed by atoms with E-state index >= 15 is 0 Å². The molecule has 1 unspecified atom stereocenters. The maximum absolute atomic E-state index is 12.3. The topological polar surface area (TPSA) is 93.2 Å². The quantitative estimate of drug-likeness (QED) is 0.298. The molecule has 1 aliphatic rings. The highest BCUT2D eigenvalue weighted by molar-refractivity contribution is 5.95. The average Bonchev–Trinajstić information content (AvgIpc) is 3.35. The molecule has 1 saturated heterocycles. The van der Waals surface area contributed by atoms with Gasteiger partial charge in [0.15, 0.2) is 5.96 Å². The summed E-state index contributed by atoms with van der Waals surface area (Å²) < 4.78 is 16.2. The predicted octanol–water partition coefficient (Wildman–Crippen LogP) is 3.41. The summed E-state index contributed by atoms with van der Waals surface area (Å²) in [6.07, 6.45) is 2.19. The zero-order valence-electron chi connectivity index (χ0n) is 18.7. The zero-order valence-corrected chi connectivity index (χ0v) is 18.7.